The Morgan fingerprint density at radius 3 is 2.28 bits per heavy atom. The van der Waals surface area contributed by atoms with Crippen molar-refractivity contribution < 1.29 is 15.3 Å². The zero-order valence-electron chi connectivity index (χ0n) is 21.8. The second-order valence-electron chi connectivity index (χ2n) is 13.6. The fraction of sp³-hybridized carbons (Fsp3) is 1.00. The van der Waals surface area contributed by atoms with Crippen LogP contribution in [-0.2, 0) is 0 Å². The average molecular weight is 449 g/mol. The fourth-order valence-electron chi connectivity index (χ4n) is 9.92. The summed E-state index contributed by atoms with van der Waals surface area (Å²) in [6.07, 6.45) is 10.7. The van der Waals surface area contributed by atoms with Gasteiger partial charge in [0.2, 0.25) is 0 Å². The van der Waals surface area contributed by atoms with E-state index < -0.39 is 17.8 Å². The van der Waals surface area contributed by atoms with E-state index in [0.29, 0.717) is 29.6 Å². The summed E-state index contributed by atoms with van der Waals surface area (Å²) >= 11 is 0. The van der Waals surface area contributed by atoms with E-state index in [1.54, 1.807) is 0 Å². The van der Waals surface area contributed by atoms with Gasteiger partial charge in [0.15, 0.2) is 0 Å². The zero-order chi connectivity index (χ0) is 23.5. The normalized spacial score (nSPS) is 50.4. The van der Waals surface area contributed by atoms with E-state index in [1.807, 2.05) is 0 Å². The van der Waals surface area contributed by atoms with Crippen LogP contribution in [-0.4, -0.2) is 33.1 Å². The Morgan fingerprint density at radius 1 is 0.906 bits per heavy atom. The van der Waals surface area contributed by atoms with Gasteiger partial charge in [0.1, 0.15) is 0 Å². The standard InChI is InChI=1S/C29H52O3/c1-7-20(18(2)3)9-8-19(4)23-10-11-24-22-16-26(31)29(32)17-21(30)12-15-28(29,6)25(22)13-14-27(23,24)5/h18-26,30-32H,7-17H2,1-6H3/t19?,20?,21?,22-,23+,24-,25-,26?,27+,28+,29?/m0/s1. The Labute approximate surface area is 197 Å². The summed E-state index contributed by atoms with van der Waals surface area (Å²) in [6, 6.07) is 0. The van der Waals surface area contributed by atoms with Crippen molar-refractivity contribution in [2.75, 3.05) is 0 Å². The molecule has 0 radical (unpaired) electrons. The Morgan fingerprint density at radius 2 is 1.62 bits per heavy atom. The molecule has 4 saturated carbocycles. The minimum absolute atomic E-state index is 0.259. The summed E-state index contributed by atoms with van der Waals surface area (Å²) < 4.78 is 0. The number of rotatable bonds is 6. The summed E-state index contributed by atoms with van der Waals surface area (Å²) in [7, 11) is 0. The number of aliphatic hydroxyl groups excluding tert-OH is 2. The molecule has 3 nitrogen and oxygen atoms in total. The SMILES string of the molecule is CCC(CCC(C)[C@H]1CC[C@H]2[C@@H]3CC(O)C4(O)CC(O)CC[C@]4(C)[C@H]3CC[C@]12C)C(C)C. The summed E-state index contributed by atoms with van der Waals surface area (Å²) in [5.41, 5.74) is -0.984. The highest BCUT2D eigenvalue weighted by Gasteiger charge is 2.67. The lowest BCUT2D eigenvalue weighted by atomic mass is 9.42. The van der Waals surface area contributed by atoms with Crippen molar-refractivity contribution in [1.82, 2.24) is 0 Å². The molecular formula is C29H52O3. The minimum Gasteiger partial charge on any atom is -0.393 e. The molecule has 4 aliphatic carbocycles. The van der Waals surface area contributed by atoms with Gasteiger partial charge in [-0.15, -0.1) is 0 Å². The highest BCUT2D eigenvalue weighted by molar-refractivity contribution is 5.17. The molecule has 186 valence electrons. The quantitative estimate of drug-likeness (QED) is 0.454. The molecule has 0 spiro atoms. The third-order valence-electron chi connectivity index (χ3n) is 12.1. The molecular weight excluding hydrogens is 396 g/mol. The number of hydrogen-bond acceptors (Lipinski definition) is 3. The van der Waals surface area contributed by atoms with Gasteiger partial charge in [0.25, 0.3) is 0 Å². The lowest BCUT2D eigenvalue weighted by Gasteiger charge is -2.65. The van der Waals surface area contributed by atoms with Crippen LogP contribution in [0.25, 0.3) is 0 Å². The first-order valence-electron chi connectivity index (χ1n) is 14.1. The van der Waals surface area contributed by atoms with Crippen molar-refractivity contribution in [3.05, 3.63) is 0 Å². The molecule has 0 aromatic carbocycles. The van der Waals surface area contributed by atoms with Crippen molar-refractivity contribution in [2.24, 2.45) is 52.3 Å². The van der Waals surface area contributed by atoms with E-state index in [9.17, 15) is 15.3 Å². The van der Waals surface area contributed by atoms with Gasteiger partial charge in [-0.3, -0.25) is 0 Å². The van der Waals surface area contributed by atoms with Crippen LogP contribution in [0.2, 0.25) is 0 Å². The van der Waals surface area contributed by atoms with E-state index in [0.717, 1.165) is 42.9 Å². The van der Waals surface area contributed by atoms with Crippen molar-refractivity contribution in [3.8, 4) is 0 Å². The van der Waals surface area contributed by atoms with Gasteiger partial charge >= 0.3 is 0 Å². The van der Waals surface area contributed by atoms with Crippen LogP contribution in [0.3, 0.4) is 0 Å². The molecule has 0 bridgehead atoms. The van der Waals surface area contributed by atoms with Gasteiger partial charge < -0.3 is 15.3 Å². The predicted molar refractivity (Wildman–Crippen MR) is 131 cm³/mol. The van der Waals surface area contributed by atoms with Gasteiger partial charge in [0.05, 0.1) is 17.8 Å². The van der Waals surface area contributed by atoms with Gasteiger partial charge in [-0.2, -0.15) is 0 Å². The highest BCUT2D eigenvalue weighted by Crippen LogP contribution is 2.69. The van der Waals surface area contributed by atoms with Crippen LogP contribution in [0.15, 0.2) is 0 Å². The Hall–Kier alpha value is -0.120. The summed E-state index contributed by atoms with van der Waals surface area (Å²) in [6.45, 7) is 14.5. The molecule has 4 aliphatic rings. The molecule has 4 rings (SSSR count). The average Bonchev–Trinajstić information content (AvgIpc) is 3.08. The first-order valence-corrected chi connectivity index (χ1v) is 14.1. The number of fused-ring (bicyclic) bond motifs is 5. The molecule has 0 aromatic rings. The summed E-state index contributed by atoms with van der Waals surface area (Å²) in [5, 5.41) is 33.2. The van der Waals surface area contributed by atoms with Crippen LogP contribution >= 0.6 is 0 Å². The summed E-state index contributed by atoms with van der Waals surface area (Å²) in [5.74, 6) is 4.92. The maximum atomic E-state index is 11.7. The third kappa shape index (κ3) is 3.72. The van der Waals surface area contributed by atoms with Gasteiger partial charge in [0, 0.05) is 11.8 Å². The molecule has 3 heteroatoms. The lowest BCUT2D eigenvalue weighted by molar-refractivity contribution is -0.264. The van der Waals surface area contributed by atoms with E-state index >= 15 is 0 Å². The lowest BCUT2D eigenvalue weighted by Crippen LogP contribution is -2.68. The largest absolute Gasteiger partial charge is 0.393 e. The minimum atomic E-state index is -1.11. The molecule has 0 heterocycles. The van der Waals surface area contributed by atoms with Gasteiger partial charge in [-0.1, -0.05) is 54.4 Å². The highest BCUT2D eigenvalue weighted by atomic mass is 16.3. The molecule has 0 amide bonds. The van der Waals surface area contributed by atoms with Gasteiger partial charge in [-0.25, -0.2) is 0 Å². The monoisotopic (exact) mass is 448 g/mol. The fourth-order valence-corrected chi connectivity index (χ4v) is 9.92. The molecule has 11 atom stereocenters. The van der Waals surface area contributed by atoms with Crippen LogP contribution in [0.1, 0.15) is 112 Å². The van der Waals surface area contributed by atoms with E-state index in [4.69, 9.17) is 0 Å². The van der Waals surface area contributed by atoms with Crippen molar-refractivity contribution in [1.29, 1.82) is 0 Å². The van der Waals surface area contributed by atoms with Crippen LogP contribution in [0.5, 0.6) is 0 Å². The molecule has 0 aliphatic heterocycles. The maximum absolute atomic E-state index is 11.7. The second kappa shape index (κ2) is 8.83. The Bertz CT molecular complexity index is 663. The van der Waals surface area contributed by atoms with Crippen LogP contribution in [0, 0.1) is 52.3 Å². The van der Waals surface area contributed by atoms with Crippen molar-refractivity contribution >= 4 is 0 Å². The van der Waals surface area contributed by atoms with E-state index in [2.05, 4.69) is 41.5 Å². The first-order chi connectivity index (χ1) is 15.0. The summed E-state index contributed by atoms with van der Waals surface area (Å²) in [4.78, 5) is 0. The number of hydrogen-bond donors (Lipinski definition) is 3. The van der Waals surface area contributed by atoms with E-state index in [-0.39, 0.29) is 5.41 Å². The molecule has 4 fully saturated rings. The molecule has 0 aromatic heterocycles. The van der Waals surface area contributed by atoms with Crippen LogP contribution in [0.4, 0.5) is 0 Å². The molecule has 5 unspecified atom stereocenters. The maximum Gasteiger partial charge on any atom is 0.0985 e. The smallest absolute Gasteiger partial charge is 0.0985 e. The van der Waals surface area contributed by atoms with Crippen molar-refractivity contribution in [2.45, 2.75) is 130 Å². The first kappa shape index (κ1) is 25.0. The van der Waals surface area contributed by atoms with Crippen LogP contribution < -0.4 is 0 Å². The number of aliphatic hydroxyl groups is 3. The zero-order valence-corrected chi connectivity index (χ0v) is 21.8. The molecule has 32 heavy (non-hydrogen) atoms. The Balaban J connectivity index is 1.51. The Kier molecular flexibility index (Phi) is 6.89. The van der Waals surface area contributed by atoms with Gasteiger partial charge in [-0.05, 0) is 98.2 Å². The second-order valence-corrected chi connectivity index (χ2v) is 13.6. The third-order valence-corrected chi connectivity index (χ3v) is 12.1. The predicted octanol–water partition coefficient (Wildman–Crippen LogP) is 6.19. The molecule has 0 saturated heterocycles. The van der Waals surface area contributed by atoms with E-state index in [1.165, 1.54) is 44.9 Å². The van der Waals surface area contributed by atoms with Crippen molar-refractivity contribution in [3.63, 3.8) is 0 Å². The molecule has 3 N–H and O–H groups in total. The topological polar surface area (TPSA) is 60.7 Å².